The monoisotopic (exact) mass is 426 g/mol. The maximum absolute atomic E-state index is 13.7. The van der Waals surface area contributed by atoms with Gasteiger partial charge in [-0.1, -0.05) is 12.1 Å². The Kier molecular flexibility index (Phi) is 6.46. The van der Waals surface area contributed by atoms with Crippen LogP contribution in [0.15, 0.2) is 42.6 Å². The Morgan fingerprint density at radius 3 is 2.58 bits per heavy atom. The minimum Gasteiger partial charge on any atom is -0.481 e. The molecule has 7 nitrogen and oxygen atoms in total. The second kappa shape index (κ2) is 9.43. The summed E-state index contributed by atoms with van der Waals surface area (Å²) in [6.07, 6.45) is 3.26. The molecule has 3 heterocycles. The Morgan fingerprint density at radius 1 is 1.10 bits per heavy atom. The Bertz CT molecular complexity index is 929. The Hall–Kier alpha value is -3.00. The summed E-state index contributed by atoms with van der Waals surface area (Å²) in [5.41, 5.74) is 1.32. The number of benzene rings is 1. The number of piperazine rings is 1. The number of likely N-dealkylation sites (N-methyl/N-ethyl adjacent to an activating group) is 1. The number of hydrogen-bond donors (Lipinski definition) is 0. The number of halogens is 1. The van der Waals surface area contributed by atoms with Crippen molar-refractivity contribution in [3.63, 3.8) is 0 Å². The van der Waals surface area contributed by atoms with Crippen LogP contribution in [-0.4, -0.2) is 77.9 Å². The van der Waals surface area contributed by atoms with Crippen molar-refractivity contribution in [2.24, 2.45) is 0 Å². The summed E-state index contributed by atoms with van der Waals surface area (Å²) in [4.78, 5) is 35.7. The minimum atomic E-state index is -0.490. The third-order valence-electron chi connectivity index (χ3n) is 5.93. The van der Waals surface area contributed by atoms with Crippen molar-refractivity contribution in [1.82, 2.24) is 19.7 Å². The number of ether oxygens (including phenoxy) is 1. The molecule has 2 fully saturated rings. The number of rotatable bonds is 5. The van der Waals surface area contributed by atoms with Gasteiger partial charge in [-0.2, -0.15) is 0 Å². The predicted octanol–water partition coefficient (Wildman–Crippen LogP) is 2.35. The van der Waals surface area contributed by atoms with Crippen LogP contribution in [0, 0.1) is 5.82 Å². The van der Waals surface area contributed by atoms with Gasteiger partial charge in [0.25, 0.3) is 11.8 Å². The summed E-state index contributed by atoms with van der Waals surface area (Å²) in [7, 11) is 2.05. The molecule has 2 aliphatic heterocycles. The van der Waals surface area contributed by atoms with E-state index >= 15 is 0 Å². The molecule has 0 aliphatic carbocycles. The highest BCUT2D eigenvalue weighted by Crippen LogP contribution is 2.31. The molecule has 31 heavy (non-hydrogen) atoms. The van der Waals surface area contributed by atoms with E-state index in [4.69, 9.17) is 4.74 Å². The Balaban J connectivity index is 1.38. The van der Waals surface area contributed by atoms with E-state index in [2.05, 4.69) is 9.88 Å². The standard InChI is InChI=1S/C23H27FN4O3/c1-26-11-13-27(14-12-26)23(30)17-8-9-19(25-15-17)20-6-4-10-28(20)22(29)16-31-21-7-3-2-5-18(21)24/h2-3,5,7-9,15,20H,4,6,10-14,16H2,1H3/t20-/m0/s1. The zero-order valence-electron chi connectivity index (χ0n) is 17.7. The molecule has 1 aromatic carbocycles. The van der Waals surface area contributed by atoms with E-state index in [1.54, 1.807) is 29.3 Å². The smallest absolute Gasteiger partial charge is 0.261 e. The van der Waals surface area contributed by atoms with Crippen molar-refractivity contribution in [1.29, 1.82) is 0 Å². The lowest BCUT2D eigenvalue weighted by Crippen LogP contribution is -2.47. The van der Waals surface area contributed by atoms with Gasteiger partial charge in [-0.25, -0.2) is 4.39 Å². The quantitative estimate of drug-likeness (QED) is 0.734. The van der Waals surface area contributed by atoms with Crippen LogP contribution < -0.4 is 4.74 Å². The molecule has 0 spiro atoms. The molecule has 2 aliphatic rings. The lowest BCUT2D eigenvalue weighted by Gasteiger charge is -2.32. The average Bonchev–Trinajstić information content (AvgIpc) is 3.29. The van der Waals surface area contributed by atoms with Gasteiger partial charge in [0.05, 0.1) is 17.3 Å². The number of pyridine rings is 1. The van der Waals surface area contributed by atoms with E-state index in [0.29, 0.717) is 25.2 Å². The molecule has 4 rings (SSSR count). The fourth-order valence-electron chi connectivity index (χ4n) is 4.08. The van der Waals surface area contributed by atoms with Gasteiger partial charge in [0.15, 0.2) is 18.2 Å². The van der Waals surface area contributed by atoms with Crippen LogP contribution in [0.2, 0.25) is 0 Å². The zero-order valence-corrected chi connectivity index (χ0v) is 17.7. The first-order chi connectivity index (χ1) is 15.0. The second-order valence-electron chi connectivity index (χ2n) is 8.03. The molecule has 1 aromatic heterocycles. The fraction of sp³-hybridized carbons (Fsp3) is 0.435. The van der Waals surface area contributed by atoms with Crippen LogP contribution in [0.4, 0.5) is 4.39 Å². The van der Waals surface area contributed by atoms with E-state index in [-0.39, 0.29) is 30.2 Å². The van der Waals surface area contributed by atoms with Crippen molar-refractivity contribution in [3.8, 4) is 5.75 Å². The SMILES string of the molecule is CN1CCN(C(=O)c2ccc([C@@H]3CCCN3C(=O)COc3ccccc3F)nc2)CC1. The zero-order chi connectivity index (χ0) is 21.8. The lowest BCUT2D eigenvalue weighted by atomic mass is 10.1. The van der Waals surface area contributed by atoms with Crippen LogP contribution in [0.5, 0.6) is 5.75 Å². The van der Waals surface area contributed by atoms with Crippen molar-refractivity contribution in [3.05, 3.63) is 59.7 Å². The molecule has 2 saturated heterocycles. The number of aromatic nitrogens is 1. The molecule has 0 bridgehead atoms. The summed E-state index contributed by atoms with van der Waals surface area (Å²) < 4.78 is 19.1. The molecule has 0 N–H and O–H groups in total. The summed E-state index contributed by atoms with van der Waals surface area (Å²) in [6.45, 7) is 3.54. The molecule has 0 saturated carbocycles. The molecule has 2 amide bonds. The molecule has 0 unspecified atom stereocenters. The summed E-state index contributed by atoms with van der Waals surface area (Å²) in [5.74, 6) is -0.637. The maximum atomic E-state index is 13.7. The average molecular weight is 426 g/mol. The number of hydrogen-bond acceptors (Lipinski definition) is 5. The largest absolute Gasteiger partial charge is 0.481 e. The van der Waals surface area contributed by atoms with Gasteiger partial charge in [0.1, 0.15) is 0 Å². The molecule has 2 aromatic rings. The highest BCUT2D eigenvalue weighted by molar-refractivity contribution is 5.94. The Labute approximate surface area is 181 Å². The molecular weight excluding hydrogens is 399 g/mol. The van der Waals surface area contributed by atoms with E-state index < -0.39 is 5.82 Å². The summed E-state index contributed by atoms with van der Waals surface area (Å²) in [5, 5.41) is 0. The number of para-hydroxylation sites is 1. The first kappa shape index (κ1) is 21.2. The normalized spacial score (nSPS) is 19.5. The molecule has 8 heteroatoms. The fourth-order valence-corrected chi connectivity index (χ4v) is 4.08. The van der Waals surface area contributed by atoms with Gasteiger partial charge in [-0.05, 0) is 44.2 Å². The third kappa shape index (κ3) is 4.85. The van der Waals surface area contributed by atoms with Crippen LogP contribution in [0.1, 0.15) is 34.9 Å². The van der Waals surface area contributed by atoms with Crippen LogP contribution >= 0.6 is 0 Å². The molecule has 1 atom stereocenters. The number of nitrogens with zero attached hydrogens (tertiary/aromatic N) is 4. The Morgan fingerprint density at radius 2 is 1.87 bits per heavy atom. The number of likely N-dealkylation sites (tertiary alicyclic amines) is 1. The first-order valence-electron chi connectivity index (χ1n) is 10.6. The van der Waals surface area contributed by atoms with Gasteiger partial charge in [-0.3, -0.25) is 14.6 Å². The summed E-state index contributed by atoms with van der Waals surface area (Å²) >= 11 is 0. The third-order valence-corrected chi connectivity index (χ3v) is 5.93. The van der Waals surface area contributed by atoms with Gasteiger partial charge in [0.2, 0.25) is 0 Å². The first-order valence-corrected chi connectivity index (χ1v) is 10.6. The van der Waals surface area contributed by atoms with Gasteiger partial charge < -0.3 is 19.4 Å². The summed E-state index contributed by atoms with van der Waals surface area (Å²) in [6, 6.07) is 9.50. The van der Waals surface area contributed by atoms with E-state index in [1.807, 2.05) is 18.0 Å². The maximum Gasteiger partial charge on any atom is 0.261 e. The molecule has 164 valence electrons. The number of carbonyl (C=O) groups is 2. The molecule has 0 radical (unpaired) electrons. The van der Waals surface area contributed by atoms with Crippen molar-refractivity contribution < 1.29 is 18.7 Å². The second-order valence-corrected chi connectivity index (χ2v) is 8.03. The van der Waals surface area contributed by atoms with E-state index in [9.17, 15) is 14.0 Å². The number of carbonyl (C=O) groups excluding carboxylic acids is 2. The predicted molar refractivity (Wildman–Crippen MR) is 113 cm³/mol. The van der Waals surface area contributed by atoms with E-state index in [1.165, 1.54) is 12.1 Å². The highest BCUT2D eigenvalue weighted by Gasteiger charge is 2.31. The van der Waals surface area contributed by atoms with Gasteiger partial charge in [0, 0.05) is 38.9 Å². The van der Waals surface area contributed by atoms with E-state index in [0.717, 1.165) is 31.6 Å². The minimum absolute atomic E-state index is 0.00945. The van der Waals surface area contributed by atoms with Gasteiger partial charge in [-0.15, -0.1) is 0 Å². The lowest BCUT2D eigenvalue weighted by molar-refractivity contribution is -0.134. The van der Waals surface area contributed by atoms with Crippen LogP contribution in [0.3, 0.4) is 0 Å². The highest BCUT2D eigenvalue weighted by atomic mass is 19.1. The van der Waals surface area contributed by atoms with Crippen LogP contribution in [-0.2, 0) is 4.79 Å². The van der Waals surface area contributed by atoms with Crippen molar-refractivity contribution in [2.75, 3.05) is 46.4 Å². The van der Waals surface area contributed by atoms with Crippen LogP contribution in [0.25, 0.3) is 0 Å². The number of amides is 2. The topological polar surface area (TPSA) is 66.0 Å². The van der Waals surface area contributed by atoms with Crippen molar-refractivity contribution in [2.45, 2.75) is 18.9 Å². The van der Waals surface area contributed by atoms with Gasteiger partial charge >= 0.3 is 0 Å². The molecular formula is C23H27FN4O3. The van der Waals surface area contributed by atoms with Crippen molar-refractivity contribution >= 4 is 11.8 Å².